The molecular weight excluding hydrogens is 268 g/mol. The van der Waals surface area contributed by atoms with Crippen molar-refractivity contribution in [2.75, 3.05) is 19.0 Å². The molecule has 0 radical (unpaired) electrons. The van der Waals surface area contributed by atoms with Crippen molar-refractivity contribution >= 4 is 11.8 Å². The van der Waals surface area contributed by atoms with Crippen molar-refractivity contribution < 1.29 is 0 Å². The first-order valence-corrected chi connectivity index (χ1v) is 8.06. The lowest BCUT2D eigenvalue weighted by molar-refractivity contribution is 0.704. The molecule has 0 saturated carbocycles. The van der Waals surface area contributed by atoms with E-state index in [2.05, 4.69) is 68.5 Å². The molecule has 0 aromatic heterocycles. The maximum absolute atomic E-state index is 4.23. The van der Waals surface area contributed by atoms with Gasteiger partial charge in [-0.15, -0.1) is 0 Å². The number of likely N-dealkylation sites (N-methyl/N-ethyl adjacent to an activating group) is 1. The molecule has 2 heteroatoms. The predicted molar refractivity (Wildman–Crippen MR) is 100 cm³/mol. The van der Waals surface area contributed by atoms with Crippen molar-refractivity contribution in [1.82, 2.24) is 5.32 Å². The lowest BCUT2D eigenvalue weighted by Crippen LogP contribution is -2.16. The number of benzene rings is 1. The number of aryl methyl sites for hydroxylation is 1. The van der Waals surface area contributed by atoms with Gasteiger partial charge < -0.3 is 10.2 Å². The molecule has 0 heterocycles. The van der Waals surface area contributed by atoms with Crippen LogP contribution in [0.1, 0.15) is 43.7 Å². The van der Waals surface area contributed by atoms with Gasteiger partial charge in [-0.05, 0) is 49.1 Å². The Bertz CT molecular complexity index is 541. The summed E-state index contributed by atoms with van der Waals surface area (Å²) in [6, 6.07) is 6.50. The molecule has 1 N–H and O–H groups in total. The van der Waals surface area contributed by atoms with Gasteiger partial charge in [-0.3, -0.25) is 0 Å². The second-order valence-corrected chi connectivity index (χ2v) is 5.74. The summed E-state index contributed by atoms with van der Waals surface area (Å²) in [6.45, 7) is 12.5. The molecule has 0 aliphatic heterocycles. The standard InChI is InChI=1S/C20H30N2/c1-7-8-9-10-18(4)22(6)20-14-13-19(15-16(20)2)12-11-17(3)21-5/h11-15,21H,3-4,7-10H2,1-2,5-6H3/b12-11+. The highest BCUT2D eigenvalue weighted by atomic mass is 15.1. The van der Waals surface area contributed by atoms with E-state index in [1.165, 1.54) is 41.8 Å². The smallest absolute Gasteiger partial charge is 0.0435 e. The van der Waals surface area contributed by atoms with E-state index in [0.717, 1.165) is 12.1 Å². The Balaban J connectivity index is 2.78. The number of hydrogen-bond donors (Lipinski definition) is 1. The van der Waals surface area contributed by atoms with Crippen LogP contribution in [0.2, 0.25) is 0 Å². The molecule has 120 valence electrons. The summed E-state index contributed by atoms with van der Waals surface area (Å²) in [5, 5.41) is 3.02. The Kier molecular flexibility index (Phi) is 7.51. The van der Waals surface area contributed by atoms with Gasteiger partial charge in [-0.2, -0.15) is 0 Å². The van der Waals surface area contributed by atoms with E-state index in [-0.39, 0.29) is 0 Å². The molecule has 0 fully saturated rings. The van der Waals surface area contributed by atoms with Crippen LogP contribution in [0.15, 0.2) is 48.8 Å². The quantitative estimate of drug-likeness (QED) is 0.493. The summed E-state index contributed by atoms with van der Waals surface area (Å²) >= 11 is 0. The number of nitrogens with one attached hydrogen (secondary N) is 1. The number of hydrogen-bond acceptors (Lipinski definition) is 2. The minimum atomic E-state index is 0.906. The fraction of sp³-hybridized carbons (Fsp3) is 0.400. The van der Waals surface area contributed by atoms with E-state index in [0.29, 0.717) is 0 Å². The van der Waals surface area contributed by atoms with Gasteiger partial charge in [0.25, 0.3) is 0 Å². The van der Waals surface area contributed by atoms with Gasteiger partial charge in [-0.25, -0.2) is 0 Å². The summed E-state index contributed by atoms with van der Waals surface area (Å²) < 4.78 is 0. The minimum Gasteiger partial charge on any atom is -0.389 e. The van der Waals surface area contributed by atoms with E-state index >= 15 is 0 Å². The van der Waals surface area contributed by atoms with Gasteiger partial charge in [0.1, 0.15) is 0 Å². The Morgan fingerprint density at radius 2 is 2.00 bits per heavy atom. The number of anilines is 1. The monoisotopic (exact) mass is 298 g/mol. The van der Waals surface area contributed by atoms with E-state index in [1.54, 1.807) is 0 Å². The SMILES string of the molecule is C=C(/C=C/c1ccc(N(C)C(=C)CCCCC)c(C)c1)NC. The van der Waals surface area contributed by atoms with Crippen LogP contribution in [0.4, 0.5) is 5.69 Å². The third kappa shape index (κ3) is 5.44. The lowest BCUT2D eigenvalue weighted by atomic mass is 10.1. The van der Waals surface area contributed by atoms with Crippen LogP contribution in [-0.2, 0) is 0 Å². The van der Waals surface area contributed by atoms with Gasteiger partial charge in [0, 0.05) is 31.2 Å². The molecule has 0 aliphatic rings. The van der Waals surface area contributed by atoms with Crippen molar-refractivity contribution in [2.45, 2.75) is 39.5 Å². The number of allylic oxidation sites excluding steroid dienone is 2. The maximum Gasteiger partial charge on any atom is 0.0435 e. The molecule has 0 saturated heterocycles. The highest BCUT2D eigenvalue weighted by molar-refractivity contribution is 5.63. The maximum atomic E-state index is 4.23. The molecule has 0 amide bonds. The number of nitrogens with zero attached hydrogens (tertiary/aromatic N) is 1. The molecule has 1 rings (SSSR count). The normalized spacial score (nSPS) is 10.7. The van der Waals surface area contributed by atoms with Crippen molar-refractivity contribution in [3.63, 3.8) is 0 Å². The van der Waals surface area contributed by atoms with Gasteiger partial charge in [-0.1, -0.05) is 45.1 Å². The first-order valence-electron chi connectivity index (χ1n) is 8.06. The zero-order valence-electron chi connectivity index (χ0n) is 14.6. The molecule has 1 aromatic carbocycles. The van der Waals surface area contributed by atoms with Crippen molar-refractivity contribution in [3.05, 3.63) is 60.0 Å². The molecule has 22 heavy (non-hydrogen) atoms. The second-order valence-electron chi connectivity index (χ2n) is 5.74. The molecule has 0 bridgehead atoms. The van der Waals surface area contributed by atoms with Crippen LogP contribution in [0.5, 0.6) is 0 Å². The molecule has 0 spiro atoms. The third-order valence-corrected chi connectivity index (χ3v) is 3.92. The molecule has 0 unspecified atom stereocenters. The highest BCUT2D eigenvalue weighted by Crippen LogP contribution is 2.25. The zero-order chi connectivity index (χ0) is 16.5. The van der Waals surface area contributed by atoms with Crippen LogP contribution in [-0.4, -0.2) is 14.1 Å². The topological polar surface area (TPSA) is 15.3 Å². The summed E-state index contributed by atoms with van der Waals surface area (Å²) in [7, 11) is 3.98. The average molecular weight is 298 g/mol. The van der Waals surface area contributed by atoms with Crippen LogP contribution in [0.3, 0.4) is 0 Å². The van der Waals surface area contributed by atoms with Gasteiger partial charge >= 0.3 is 0 Å². The van der Waals surface area contributed by atoms with E-state index < -0.39 is 0 Å². The number of rotatable bonds is 9. The summed E-state index contributed by atoms with van der Waals surface area (Å²) in [4.78, 5) is 2.21. The highest BCUT2D eigenvalue weighted by Gasteiger charge is 2.08. The van der Waals surface area contributed by atoms with Crippen LogP contribution in [0.25, 0.3) is 6.08 Å². The predicted octanol–water partition coefficient (Wildman–Crippen LogP) is 5.27. The first kappa shape index (κ1) is 18.1. The van der Waals surface area contributed by atoms with E-state index in [4.69, 9.17) is 0 Å². The second kappa shape index (κ2) is 9.14. The first-order chi connectivity index (χ1) is 10.5. The molecule has 1 aromatic rings. The van der Waals surface area contributed by atoms with Crippen molar-refractivity contribution in [2.24, 2.45) is 0 Å². The van der Waals surface area contributed by atoms with Gasteiger partial charge in [0.15, 0.2) is 0 Å². The van der Waals surface area contributed by atoms with Gasteiger partial charge in [0.05, 0.1) is 0 Å². The zero-order valence-corrected chi connectivity index (χ0v) is 14.6. The number of unbranched alkanes of at least 4 members (excludes halogenated alkanes) is 2. The summed E-state index contributed by atoms with van der Waals surface area (Å²) in [5.74, 6) is 0. The van der Waals surface area contributed by atoms with Crippen molar-refractivity contribution in [1.29, 1.82) is 0 Å². The van der Waals surface area contributed by atoms with Crippen LogP contribution >= 0.6 is 0 Å². The fourth-order valence-electron chi connectivity index (χ4n) is 2.36. The average Bonchev–Trinajstić information content (AvgIpc) is 2.52. The third-order valence-electron chi connectivity index (χ3n) is 3.92. The Hall–Kier alpha value is -1.96. The van der Waals surface area contributed by atoms with Crippen LogP contribution < -0.4 is 10.2 Å². The minimum absolute atomic E-state index is 0.906. The molecular formula is C20H30N2. The largest absolute Gasteiger partial charge is 0.389 e. The Morgan fingerprint density at radius 1 is 1.27 bits per heavy atom. The molecule has 0 aliphatic carbocycles. The summed E-state index contributed by atoms with van der Waals surface area (Å²) in [6.07, 6.45) is 8.85. The Labute approximate surface area is 136 Å². The molecule has 0 atom stereocenters. The fourth-order valence-corrected chi connectivity index (χ4v) is 2.36. The van der Waals surface area contributed by atoms with E-state index in [1.807, 2.05) is 13.1 Å². The van der Waals surface area contributed by atoms with Crippen LogP contribution in [0, 0.1) is 6.92 Å². The van der Waals surface area contributed by atoms with E-state index in [9.17, 15) is 0 Å². The van der Waals surface area contributed by atoms with Gasteiger partial charge in [0.2, 0.25) is 0 Å². The lowest BCUT2D eigenvalue weighted by Gasteiger charge is -2.24. The van der Waals surface area contributed by atoms with Crippen molar-refractivity contribution in [3.8, 4) is 0 Å². The Morgan fingerprint density at radius 3 is 2.59 bits per heavy atom. The summed E-state index contributed by atoms with van der Waals surface area (Å²) in [5.41, 5.74) is 5.76. The molecule has 2 nitrogen and oxygen atoms in total.